The van der Waals surface area contributed by atoms with Crippen LogP contribution in [0.1, 0.15) is 33.6 Å². The zero-order chi connectivity index (χ0) is 10.3. The van der Waals surface area contributed by atoms with Gasteiger partial charge in [0.2, 0.25) is 0 Å². The summed E-state index contributed by atoms with van der Waals surface area (Å²) in [5.74, 6) is -0.269. The molecule has 0 aliphatic heterocycles. The van der Waals surface area contributed by atoms with Crippen LogP contribution in [0.4, 0.5) is 0 Å². The Labute approximate surface area is 80.3 Å². The van der Waals surface area contributed by atoms with E-state index in [2.05, 4.69) is 24.7 Å². The minimum Gasteiger partial charge on any atom is -0.466 e. The second kappa shape index (κ2) is 6.46. The summed E-state index contributed by atoms with van der Waals surface area (Å²) in [5.41, 5.74) is 2.37. The fourth-order valence-electron chi connectivity index (χ4n) is 0.921. The molecule has 74 valence electrons. The number of methoxy groups -OCH3 is 1. The van der Waals surface area contributed by atoms with Crippen LogP contribution < -0.4 is 0 Å². The van der Waals surface area contributed by atoms with Gasteiger partial charge in [-0.2, -0.15) is 0 Å². The minimum atomic E-state index is -0.269. The van der Waals surface area contributed by atoms with Crippen molar-refractivity contribution in [1.82, 2.24) is 0 Å². The van der Waals surface area contributed by atoms with Crippen LogP contribution in [0.5, 0.6) is 0 Å². The Balaban J connectivity index is 3.87. The third kappa shape index (κ3) is 7.32. The Morgan fingerprint density at radius 1 is 1.31 bits per heavy atom. The largest absolute Gasteiger partial charge is 0.466 e. The lowest BCUT2D eigenvalue weighted by atomic mass is 10.1. The number of hydrogen-bond donors (Lipinski definition) is 0. The standard InChI is InChI=1S/C11H18O2/c1-9(2)6-5-7-10(3)8-11(12)13-4/h6,8H,5,7H2,1-4H3/b10-8-. The molecule has 0 bridgehead atoms. The summed E-state index contributed by atoms with van der Waals surface area (Å²) < 4.78 is 4.52. The maximum absolute atomic E-state index is 10.8. The molecule has 0 fully saturated rings. The normalized spacial score (nSPS) is 10.9. The van der Waals surface area contributed by atoms with Crippen LogP contribution in [-0.2, 0) is 9.53 Å². The molecule has 13 heavy (non-hydrogen) atoms. The minimum absolute atomic E-state index is 0.269. The first-order valence-electron chi connectivity index (χ1n) is 4.44. The van der Waals surface area contributed by atoms with Gasteiger partial charge >= 0.3 is 5.97 Å². The molecular formula is C11H18O2. The van der Waals surface area contributed by atoms with Gasteiger partial charge in [0.15, 0.2) is 0 Å². The number of carbonyl (C=O) groups excluding carboxylic acids is 1. The van der Waals surface area contributed by atoms with Crippen LogP contribution in [0.15, 0.2) is 23.3 Å². The molecule has 2 heteroatoms. The van der Waals surface area contributed by atoms with E-state index in [4.69, 9.17) is 0 Å². The van der Waals surface area contributed by atoms with E-state index < -0.39 is 0 Å². The van der Waals surface area contributed by atoms with E-state index in [1.807, 2.05) is 6.92 Å². The van der Waals surface area contributed by atoms with E-state index in [0.717, 1.165) is 18.4 Å². The fraction of sp³-hybridized carbons (Fsp3) is 0.545. The van der Waals surface area contributed by atoms with Crippen molar-refractivity contribution in [2.45, 2.75) is 33.6 Å². The summed E-state index contributed by atoms with van der Waals surface area (Å²) in [4.78, 5) is 10.8. The lowest BCUT2D eigenvalue weighted by Crippen LogP contribution is -1.95. The van der Waals surface area contributed by atoms with Gasteiger partial charge in [0.25, 0.3) is 0 Å². The summed E-state index contributed by atoms with van der Waals surface area (Å²) in [6, 6.07) is 0. The summed E-state index contributed by atoms with van der Waals surface area (Å²) in [5, 5.41) is 0. The molecule has 0 amide bonds. The monoisotopic (exact) mass is 182 g/mol. The van der Waals surface area contributed by atoms with Gasteiger partial charge in [0.05, 0.1) is 7.11 Å². The van der Waals surface area contributed by atoms with Gasteiger partial charge in [0, 0.05) is 6.08 Å². The molecule has 0 aromatic carbocycles. The van der Waals surface area contributed by atoms with E-state index >= 15 is 0 Å². The Morgan fingerprint density at radius 2 is 1.92 bits per heavy atom. The Morgan fingerprint density at radius 3 is 2.38 bits per heavy atom. The van der Waals surface area contributed by atoms with Gasteiger partial charge in [-0.3, -0.25) is 0 Å². The Bertz CT molecular complexity index is 220. The van der Waals surface area contributed by atoms with Gasteiger partial charge in [-0.05, 0) is 33.6 Å². The van der Waals surface area contributed by atoms with Gasteiger partial charge in [-0.1, -0.05) is 17.2 Å². The second-order valence-corrected chi connectivity index (χ2v) is 3.33. The van der Waals surface area contributed by atoms with Crippen molar-refractivity contribution in [2.75, 3.05) is 7.11 Å². The predicted octanol–water partition coefficient (Wildman–Crippen LogP) is 2.85. The number of rotatable bonds is 4. The van der Waals surface area contributed by atoms with Gasteiger partial charge in [-0.15, -0.1) is 0 Å². The quantitative estimate of drug-likeness (QED) is 0.379. The molecule has 0 aromatic heterocycles. The van der Waals surface area contributed by atoms with Crippen molar-refractivity contribution in [3.63, 3.8) is 0 Å². The average molecular weight is 182 g/mol. The molecule has 0 rings (SSSR count). The number of esters is 1. The zero-order valence-electron chi connectivity index (χ0n) is 8.89. The number of allylic oxidation sites excluding steroid dienone is 3. The van der Waals surface area contributed by atoms with E-state index in [1.165, 1.54) is 12.7 Å². The van der Waals surface area contributed by atoms with Crippen LogP contribution in [0.25, 0.3) is 0 Å². The van der Waals surface area contributed by atoms with Crippen LogP contribution in [0.2, 0.25) is 0 Å². The molecule has 0 spiro atoms. The lowest BCUT2D eigenvalue weighted by Gasteiger charge is -1.97. The SMILES string of the molecule is COC(=O)/C=C(/C)CCC=C(C)C. The second-order valence-electron chi connectivity index (χ2n) is 3.33. The van der Waals surface area contributed by atoms with Crippen LogP contribution >= 0.6 is 0 Å². The predicted molar refractivity (Wildman–Crippen MR) is 54.4 cm³/mol. The Hall–Kier alpha value is -1.05. The molecule has 0 radical (unpaired) electrons. The van der Waals surface area contributed by atoms with Gasteiger partial charge < -0.3 is 4.74 Å². The van der Waals surface area contributed by atoms with E-state index in [1.54, 1.807) is 6.08 Å². The van der Waals surface area contributed by atoms with Crippen molar-refractivity contribution in [3.05, 3.63) is 23.3 Å². The average Bonchev–Trinajstić information content (AvgIpc) is 2.03. The summed E-state index contributed by atoms with van der Waals surface area (Å²) in [6.07, 6.45) is 5.61. The molecule has 0 aliphatic carbocycles. The summed E-state index contributed by atoms with van der Waals surface area (Å²) in [7, 11) is 1.39. The molecule has 0 N–H and O–H groups in total. The van der Waals surface area contributed by atoms with E-state index in [-0.39, 0.29) is 5.97 Å². The topological polar surface area (TPSA) is 26.3 Å². The molecule has 0 aromatic rings. The first-order valence-corrected chi connectivity index (χ1v) is 4.44. The zero-order valence-corrected chi connectivity index (χ0v) is 8.89. The summed E-state index contributed by atoms with van der Waals surface area (Å²) >= 11 is 0. The van der Waals surface area contributed by atoms with E-state index in [9.17, 15) is 4.79 Å². The number of hydrogen-bond acceptors (Lipinski definition) is 2. The van der Waals surface area contributed by atoms with Crippen molar-refractivity contribution < 1.29 is 9.53 Å². The maximum Gasteiger partial charge on any atom is 0.330 e. The van der Waals surface area contributed by atoms with Crippen molar-refractivity contribution in [2.24, 2.45) is 0 Å². The van der Waals surface area contributed by atoms with Crippen LogP contribution in [0.3, 0.4) is 0 Å². The molecule has 0 saturated carbocycles. The first-order chi connectivity index (χ1) is 6.06. The molecule has 2 nitrogen and oxygen atoms in total. The van der Waals surface area contributed by atoms with E-state index in [0.29, 0.717) is 0 Å². The molecule has 0 saturated heterocycles. The van der Waals surface area contributed by atoms with Crippen LogP contribution in [-0.4, -0.2) is 13.1 Å². The first kappa shape index (κ1) is 11.9. The molecule has 0 unspecified atom stereocenters. The third-order valence-electron chi connectivity index (χ3n) is 1.66. The summed E-state index contributed by atoms with van der Waals surface area (Å²) in [6.45, 7) is 6.08. The van der Waals surface area contributed by atoms with Crippen molar-refractivity contribution in [3.8, 4) is 0 Å². The fourth-order valence-corrected chi connectivity index (χ4v) is 0.921. The maximum atomic E-state index is 10.8. The number of carbonyl (C=O) groups is 1. The van der Waals surface area contributed by atoms with Gasteiger partial charge in [0.1, 0.15) is 0 Å². The molecule has 0 atom stereocenters. The molecule has 0 aliphatic rings. The van der Waals surface area contributed by atoms with Crippen molar-refractivity contribution >= 4 is 5.97 Å². The third-order valence-corrected chi connectivity index (χ3v) is 1.66. The molecule has 0 heterocycles. The highest BCUT2D eigenvalue weighted by molar-refractivity contribution is 5.82. The van der Waals surface area contributed by atoms with Crippen molar-refractivity contribution in [1.29, 1.82) is 0 Å². The smallest absolute Gasteiger partial charge is 0.330 e. The van der Waals surface area contributed by atoms with Crippen LogP contribution in [0, 0.1) is 0 Å². The lowest BCUT2D eigenvalue weighted by molar-refractivity contribution is -0.134. The highest BCUT2D eigenvalue weighted by atomic mass is 16.5. The van der Waals surface area contributed by atoms with Gasteiger partial charge in [-0.25, -0.2) is 4.79 Å². The number of ether oxygens (including phenoxy) is 1. The molecular weight excluding hydrogens is 164 g/mol. The Kier molecular flexibility index (Phi) is 5.94. The highest BCUT2D eigenvalue weighted by Gasteiger charge is 1.95. The highest BCUT2D eigenvalue weighted by Crippen LogP contribution is 2.06.